The van der Waals surface area contributed by atoms with E-state index < -0.39 is 9.84 Å². The van der Waals surface area contributed by atoms with Crippen molar-refractivity contribution >= 4 is 9.84 Å². The summed E-state index contributed by atoms with van der Waals surface area (Å²) in [6, 6.07) is 2.78. The maximum atomic E-state index is 11.6. The van der Waals surface area contributed by atoms with E-state index in [0.29, 0.717) is 24.9 Å². The van der Waals surface area contributed by atoms with Gasteiger partial charge in [0.05, 0.1) is 24.3 Å². The molecule has 1 aromatic rings. The number of nitrogens with one attached hydrogen (secondary N) is 1. The fourth-order valence-electron chi connectivity index (χ4n) is 2.52. The highest BCUT2D eigenvalue weighted by molar-refractivity contribution is 7.91. The number of hydrogen-bond acceptors (Lipinski definition) is 5. The molecule has 0 radical (unpaired) electrons. The Bertz CT molecular complexity index is 549. The summed E-state index contributed by atoms with van der Waals surface area (Å²) in [5.41, 5.74) is 1.18. The minimum Gasteiger partial charge on any atom is -0.468 e. The van der Waals surface area contributed by atoms with E-state index in [0.717, 1.165) is 25.3 Å². The van der Waals surface area contributed by atoms with E-state index in [4.69, 9.17) is 4.42 Å². The van der Waals surface area contributed by atoms with Crippen LogP contribution in [0.5, 0.6) is 0 Å². The van der Waals surface area contributed by atoms with Crippen molar-refractivity contribution in [3.8, 4) is 0 Å². The molecule has 3 rings (SSSR count). The minimum atomic E-state index is -2.83. The van der Waals surface area contributed by atoms with E-state index in [-0.39, 0.29) is 5.75 Å². The lowest BCUT2D eigenvalue weighted by atomic mass is 10.3. The quantitative estimate of drug-likeness (QED) is 0.883. The molecular formula is C14H22N2O3S. The molecule has 1 aliphatic carbocycles. The van der Waals surface area contributed by atoms with Crippen molar-refractivity contribution in [3.63, 3.8) is 0 Å². The molecule has 1 saturated heterocycles. The number of rotatable bonds is 5. The van der Waals surface area contributed by atoms with Crippen LogP contribution in [0.4, 0.5) is 0 Å². The van der Waals surface area contributed by atoms with Gasteiger partial charge in [-0.05, 0) is 31.9 Å². The molecule has 0 amide bonds. The summed E-state index contributed by atoms with van der Waals surface area (Å²) in [5, 5.41) is 3.46. The fraction of sp³-hybridized carbons (Fsp3) is 0.714. The van der Waals surface area contributed by atoms with Crippen molar-refractivity contribution in [2.24, 2.45) is 0 Å². The van der Waals surface area contributed by atoms with E-state index >= 15 is 0 Å². The lowest BCUT2D eigenvalue weighted by molar-refractivity contribution is 0.262. The number of furan rings is 1. The van der Waals surface area contributed by atoms with Crippen molar-refractivity contribution in [1.82, 2.24) is 10.2 Å². The topological polar surface area (TPSA) is 62.6 Å². The fourth-order valence-corrected chi connectivity index (χ4v) is 3.83. The van der Waals surface area contributed by atoms with Crippen LogP contribution in [0.1, 0.15) is 30.6 Å². The van der Waals surface area contributed by atoms with Gasteiger partial charge in [0.1, 0.15) is 5.76 Å². The zero-order valence-corrected chi connectivity index (χ0v) is 12.5. The molecule has 0 unspecified atom stereocenters. The third-order valence-electron chi connectivity index (χ3n) is 3.91. The normalized spacial score (nSPS) is 23.6. The Hall–Kier alpha value is -0.850. The van der Waals surface area contributed by atoms with Gasteiger partial charge in [-0.1, -0.05) is 0 Å². The van der Waals surface area contributed by atoms with E-state index in [1.165, 1.54) is 18.4 Å². The Kier molecular flexibility index (Phi) is 4.14. The first kappa shape index (κ1) is 14.1. The van der Waals surface area contributed by atoms with E-state index in [2.05, 4.69) is 16.3 Å². The van der Waals surface area contributed by atoms with Gasteiger partial charge in [0, 0.05) is 24.7 Å². The molecule has 0 atom stereocenters. The van der Waals surface area contributed by atoms with Crippen molar-refractivity contribution in [2.75, 3.05) is 24.6 Å². The highest BCUT2D eigenvalue weighted by Gasteiger charge is 2.21. The third kappa shape index (κ3) is 4.07. The van der Waals surface area contributed by atoms with Crippen LogP contribution in [0.2, 0.25) is 0 Å². The molecule has 112 valence electrons. The molecule has 1 N–H and O–H groups in total. The molecule has 2 heterocycles. The first-order valence-electron chi connectivity index (χ1n) is 7.33. The molecule has 0 aromatic carbocycles. The average molecular weight is 298 g/mol. The summed E-state index contributed by atoms with van der Waals surface area (Å²) in [6.07, 6.45) is 5.10. The van der Waals surface area contributed by atoms with Gasteiger partial charge in [-0.3, -0.25) is 4.90 Å². The number of sulfone groups is 1. The second-order valence-corrected chi connectivity index (χ2v) is 8.16. The first-order chi connectivity index (χ1) is 9.61. The van der Waals surface area contributed by atoms with E-state index in [1.807, 2.05) is 0 Å². The lowest BCUT2D eigenvalue weighted by Gasteiger charge is -2.17. The molecule has 1 aliphatic heterocycles. The zero-order chi connectivity index (χ0) is 14.0. The standard InChI is InChI=1S/C14H22N2O3S/c17-20(18)6-1-4-16(5-7-20)10-14-8-12(11-19-14)9-15-13-2-3-13/h8,11,13,15H,1-7,9-10H2. The van der Waals surface area contributed by atoms with Gasteiger partial charge in [-0.25, -0.2) is 8.42 Å². The number of hydrogen-bond donors (Lipinski definition) is 1. The number of nitrogens with zero attached hydrogens (tertiary/aromatic N) is 1. The molecule has 1 saturated carbocycles. The SMILES string of the molecule is O=S1(=O)CCCN(Cc2cc(CNC3CC3)co2)CC1. The van der Waals surface area contributed by atoms with E-state index in [1.54, 1.807) is 6.26 Å². The van der Waals surface area contributed by atoms with Gasteiger partial charge in [0.2, 0.25) is 0 Å². The van der Waals surface area contributed by atoms with Crippen LogP contribution < -0.4 is 5.32 Å². The highest BCUT2D eigenvalue weighted by Crippen LogP contribution is 2.20. The Labute approximate surface area is 120 Å². The summed E-state index contributed by atoms with van der Waals surface area (Å²) in [5.74, 6) is 1.51. The average Bonchev–Trinajstić information content (AvgIpc) is 3.15. The second kappa shape index (κ2) is 5.87. The van der Waals surface area contributed by atoms with Crippen LogP contribution >= 0.6 is 0 Å². The second-order valence-electron chi connectivity index (χ2n) is 5.86. The largest absolute Gasteiger partial charge is 0.468 e. The highest BCUT2D eigenvalue weighted by atomic mass is 32.2. The van der Waals surface area contributed by atoms with Crippen LogP contribution in [0.3, 0.4) is 0 Å². The Balaban J connectivity index is 1.51. The molecule has 2 aliphatic rings. The van der Waals surface area contributed by atoms with Crippen LogP contribution in [0.25, 0.3) is 0 Å². The van der Waals surface area contributed by atoms with Crippen LogP contribution in [0.15, 0.2) is 16.7 Å². The van der Waals surface area contributed by atoms with Gasteiger partial charge < -0.3 is 9.73 Å². The maximum absolute atomic E-state index is 11.6. The predicted octanol–water partition coefficient (Wildman–Crippen LogP) is 1.15. The van der Waals surface area contributed by atoms with Crippen LogP contribution in [-0.2, 0) is 22.9 Å². The molecule has 2 fully saturated rings. The molecule has 6 heteroatoms. The van der Waals surface area contributed by atoms with Crippen LogP contribution in [-0.4, -0.2) is 44.0 Å². The summed E-state index contributed by atoms with van der Waals surface area (Å²) < 4.78 is 28.7. The van der Waals surface area contributed by atoms with Crippen LogP contribution in [0, 0.1) is 0 Å². The van der Waals surface area contributed by atoms with Crippen molar-refractivity contribution in [3.05, 3.63) is 23.7 Å². The molecule has 1 aromatic heterocycles. The van der Waals surface area contributed by atoms with Crippen molar-refractivity contribution in [1.29, 1.82) is 0 Å². The molecule has 20 heavy (non-hydrogen) atoms. The van der Waals surface area contributed by atoms with Crippen molar-refractivity contribution < 1.29 is 12.8 Å². The van der Waals surface area contributed by atoms with Crippen molar-refractivity contribution in [2.45, 2.75) is 38.4 Å². The monoisotopic (exact) mass is 298 g/mol. The summed E-state index contributed by atoms with van der Waals surface area (Å²) in [4.78, 5) is 2.17. The van der Waals surface area contributed by atoms with Gasteiger partial charge >= 0.3 is 0 Å². The van der Waals surface area contributed by atoms with Gasteiger partial charge in [-0.2, -0.15) is 0 Å². The van der Waals surface area contributed by atoms with Gasteiger partial charge in [0.15, 0.2) is 9.84 Å². The molecule has 5 nitrogen and oxygen atoms in total. The van der Waals surface area contributed by atoms with Gasteiger partial charge in [-0.15, -0.1) is 0 Å². The summed E-state index contributed by atoms with van der Waals surface area (Å²) >= 11 is 0. The first-order valence-corrected chi connectivity index (χ1v) is 9.15. The smallest absolute Gasteiger partial charge is 0.151 e. The van der Waals surface area contributed by atoms with Gasteiger partial charge in [0.25, 0.3) is 0 Å². The predicted molar refractivity (Wildman–Crippen MR) is 77.1 cm³/mol. The molecule has 0 spiro atoms. The zero-order valence-electron chi connectivity index (χ0n) is 11.7. The lowest BCUT2D eigenvalue weighted by Crippen LogP contribution is -2.26. The summed E-state index contributed by atoms with van der Waals surface area (Å²) in [7, 11) is -2.83. The molecular weight excluding hydrogens is 276 g/mol. The third-order valence-corrected chi connectivity index (χ3v) is 5.62. The Morgan fingerprint density at radius 3 is 2.95 bits per heavy atom. The summed E-state index contributed by atoms with van der Waals surface area (Å²) in [6.45, 7) is 3.01. The maximum Gasteiger partial charge on any atom is 0.151 e. The molecule has 0 bridgehead atoms. The Morgan fingerprint density at radius 2 is 2.15 bits per heavy atom. The van der Waals surface area contributed by atoms with E-state index in [9.17, 15) is 8.42 Å². The minimum absolute atomic E-state index is 0.268. The Morgan fingerprint density at radius 1 is 1.30 bits per heavy atom.